The van der Waals surface area contributed by atoms with Gasteiger partial charge in [-0.05, 0) is 24.6 Å². The summed E-state index contributed by atoms with van der Waals surface area (Å²) >= 11 is 0. The topological polar surface area (TPSA) is 26.9 Å². The number of hydrogen-bond donors (Lipinski definition) is 0. The first-order valence-corrected chi connectivity index (χ1v) is 4.83. The van der Waals surface area contributed by atoms with Gasteiger partial charge in [0.25, 0.3) is 0 Å². The fourth-order valence-corrected chi connectivity index (χ4v) is 1.77. The van der Waals surface area contributed by atoms with Crippen molar-refractivity contribution in [2.75, 3.05) is 0 Å². The number of rotatable bonds is 1. The lowest BCUT2D eigenvalue weighted by atomic mass is 10.1. The van der Waals surface area contributed by atoms with Crippen LogP contribution in [0.4, 0.5) is 0 Å². The summed E-state index contributed by atoms with van der Waals surface area (Å²) in [5, 5.41) is 0. The lowest BCUT2D eigenvalue weighted by molar-refractivity contribution is 0.795. The average molecular weight is 202 g/mol. The normalized spacial score (nSPS) is 10.9. The Morgan fingerprint density at radius 1 is 1.20 bits per heavy atom. The average Bonchev–Trinajstić information content (AvgIpc) is 2.44. The molecule has 1 aromatic heterocycles. The van der Waals surface area contributed by atoms with E-state index in [9.17, 15) is 4.79 Å². The number of allylic oxidation sites excluding steroid dienone is 1. The highest BCUT2D eigenvalue weighted by molar-refractivity contribution is 5.80. The predicted octanol–water partition coefficient (Wildman–Crippen LogP) is 1.91. The van der Waals surface area contributed by atoms with E-state index in [1.807, 2.05) is 25.1 Å². The molecule has 0 N–H and O–H groups in total. The van der Waals surface area contributed by atoms with Gasteiger partial charge < -0.3 is 0 Å². The van der Waals surface area contributed by atoms with Crippen molar-refractivity contribution in [3.8, 4) is 0 Å². The van der Waals surface area contributed by atoms with E-state index in [4.69, 9.17) is 0 Å². The van der Waals surface area contributed by atoms with E-state index in [1.165, 1.54) is 0 Å². The SMILES string of the molecule is C=C(C)c1ccc2c(c1)n(C)c(=O)n2C. The highest BCUT2D eigenvalue weighted by Gasteiger charge is 2.07. The van der Waals surface area contributed by atoms with Crippen molar-refractivity contribution in [1.82, 2.24) is 9.13 Å². The molecule has 1 heterocycles. The van der Waals surface area contributed by atoms with Gasteiger partial charge in [0.15, 0.2) is 0 Å². The third kappa shape index (κ3) is 1.31. The number of aryl methyl sites for hydroxylation is 2. The summed E-state index contributed by atoms with van der Waals surface area (Å²) < 4.78 is 3.30. The second kappa shape index (κ2) is 3.12. The largest absolute Gasteiger partial charge is 0.328 e. The number of imidazole rings is 1. The predicted molar refractivity (Wildman–Crippen MR) is 62.9 cm³/mol. The number of benzene rings is 1. The van der Waals surface area contributed by atoms with Crippen LogP contribution in [0.25, 0.3) is 16.6 Å². The first-order valence-electron chi connectivity index (χ1n) is 4.83. The van der Waals surface area contributed by atoms with Crippen molar-refractivity contribution in [1.29, 1.82) is 0 Å². The monoisotopic (exact) mass is 202 g/mol. The summed E-state index contributed by atoms with van der Waals surface area (Å²) in [7, 11) is 3.57. The van der Waals surface area contributed by atoms with Gasteiger partial charge in [-0.25, -0.2) is 4.79 Å². The smallest absolute Gasteiger partial charge is 0.295 e. The fourth-order valence-electron chi connectivity index (χ4n) is 1.77. The fraction of sp³-hybridized carbons (Fsp3) is 0.250. The Balaban J connectivity index is 2.89. The molecule has 78 valence electrons. The van der Waals surface area contributed by atoms with Crippen molar-refractivity contribution in [3.05, 3.63) is 40.8 Å². The van der Waals surface area contributed by atoms with E-state index in [2.05, 4.69) is 6.58 Å². The molecule has 0 aliphatic carbocycles. The standard InChI is InChI=1S/C12H14N2O/c1-8(2)9-5-6-10-11(7-9)14(4)12(15)13(10)3/h5-7H,1H2,2-4H3. The first kappa shape index (κ1) is 9.77. The molecule has 0 saturated heterocycles. The Kier molecular flexibility index (Phi) is 2.03. The van der Waals surface area contributed by atoms with Crippen molar-refractivity contribution in [2.45, 2.75) is 6.92 Å². The number of hydrogen-bond acceptors (Lipinski definition) is 1. The summed E-state index contributed by atoms with van der Waals surface area (Å²) in [6, 6.07) is 5.95. The molecule has 15 heavy (non-hydrogen) atoms. The highest BCUT2D eigenvalue weighted by Crippen LogP contribution is 2.18. The van der Waals surface area contributed by atoms with Gasteiger partial charge in [0, 0.05) is 14.1 Å². The van der Waals surface area contributed by atoms with Gasteiger partial charge >= 0.3 is 5.69 Å². The van der Waals surface area contributed by atoms with E-state index < -0.39 is 0 Å². The van der Waals surface area contributed by atoms with Crippen LogP contribution in [0.5, 0.6) is 0 Å². The molecule has 0 saturated carbocycles. The Hall–Kier alpha value is -1.77. The lowest BCUT2D eigenvalue weighted by Crippen LogP contribution is -2.19. The second-order valence-electron chi connectivity index (χ2n) is 3.88. The molecule has 0 aliphatic rings. The van der Waals surface area contributed by atoms with Crippen LogP contribution in [-0.4, -0.2) is 9.13 Å². The first-order chi connectivity index (χ1) is 7.02. The van der Waals surface area contributed by atoms with E-state index in [0.29, 0.717) is 0 Å². The molecular weight excluding hydrogens is 188 g/mol. The Morgan fingerprint density at radius 3 is 2.40 bits per heavy atom. The minimum absolute atomic E-state index is 0.00358. The van der Waals surface area contributed by atoms with Gasteiger partial charge in [-0.1, -0.05) is 18.2 Å². The third-order valence-corrected chi connectivity index (χ3v) is 2.76. The summed E-state index contributed by atoms with van der Waals surface area (Å²) in [5.41, 5.74) is 3.98. The molecule has 0 aliphatic heterocycles. The van der Waals surface area contributed by atoms with Crippen LogP contribution in [0.1, 0.15) is 12.5 Å². The highest BCUT2D eigenvalue weighted by atomic mass is 16.1. The maximum absolute atomic E-state index is 11.7. The molecule has 0 amide bonds. The van der Waals surface area contributed by atoms with Crippen LogP contribution in [0.15, 0.2) is 29.6 Å². The molecule has 0 bridgehead atoms. The number of aromatic nitrogens is 2. The minimum atomic E-state index is 0.00358. The van der Waals surface area contributed by atoms with Crippen molar-refractivity contribution in [3.63, 3.8) is 0 Å². The van der Waals surface area contributed by atoms with Gasteiger partial charge in [0.1, 0.15) is 0 Å². The molecular formula is C12H14N2O. The number of fused-ring (bicyclic) bond motifs is 1. The number of nitrogens with zero attached hydrogens (tertiary/aromatic N) is 2. The van der Waals surface area contributed by atoms with Gasteiger partial charge in [-0.15, -0.1) is 0 Å². The van der Waals surface area contributed by atoms with Crippen molar-refractivity contribution in [2.24, 2.45) is 14.1 Å². The quantitative estimate of drug-likeness (QED) is 0.694. The zero-order chi connectivity index (χ0) is 11.2. The van der Waals surface area contributed by atoms with E-state index >= 15 is 0 Å². The molecule has 2 aromatic rings. The van der Waals surface area contributed by atoms with E-state index in [-0.39, 0.29) is 5.69 Å². The van der Waals surface area contributed by atoms with Crippen LogP contribution in [0.3, 0.4) is 0 Å². The van der Waals surface area contributed by atoms with E-state index in [0.717, 1.165) is 22.2 Å². The second-order valence-corrected chi connectivity index (χ2v) is 3.88. The van der Waals surface area contributed by atoms with Crippen LogP contribution in [-0.2, 0) is 14.1 Å². The molecule has 0 spiro atoms. The van der Waals surface area contributed by atoms with Crippen LogP contribution >= 0.6 is 0 Å². The zero-order valence-corrected chi connectivity index (χ0v) is 9.24. The third-order valence-electron chi connectivity index (χ3n) is 2.76. The van der Waals surface area contributed by atoms with Crippen LogP contribution < -0.4 is 5.69 Å². The van der Waals surface area contributed by atoms with E-state index in [1.54, 1.807) is 23.2 Å². The molecule has 0 unspecified atom stereocenters. The Bertz CT molecular complexity index is 602. The molecule has 1 aromatic carbocycles. The minimum Gasteiger partial charge on any atom is -0.295 e. The molecule has 0 radical (unpaired) electrons. The summed E-state index contributed by atoms with van der Waals surface area (Å²) in [6.07, 6.45) is 0. The molecule has 0 atom stereocenters. The molecule has 2 rings (SSSR count). The van der Waals surface area contributed by atoms with Gasteiger partial charge in [0.2, 0.25) is 0 Å². The molecule has 3 nitrogen and oxygen atoms in total. The Morgan fingerprint density at radius 2 is 1.80 bits per heavy atom. The van der Waals surface area contributed by atoms with Gasteiger partial charge in [-0.2, -0.15) is 0 Å². The van der Waals surface area contributed by atoms with Gasteiger partial charge in [0.05, 0.1) is 11.0 Å². The van der Waals surface area contributed by atoms with Crippen molar-refractivity contribution >= 4 is 16.6 Å². The van der Waals surface area contributed by atoms with Crippen LogP contribution in [0.2, 0.25) is 0 Å². The van der Waals surface area contributed by atoms with Gasteiger partial charge in [-0.3, -0.25) is 9.13 Å². The molecule has 0 fully saturated rings. The molecule has 3 heteroatoms. The zero-order valence-electron chi connectivity index (χ0n) is 9.24. The Labute approximate surface area is 88.3 Å². The lowest BCUT2D eigenvalue weighted by Gasteiger charge is -2.00. The maximum atomic E-state index is 11.7. The maximum Gasteiger partial charge on any atom is 0.328 e. The van der Waals surface area contributed by atoms with Crippen LogP contribution in [0, 0.1) is 0 Å². The van der Waals surface area contributed by atoms with Crippen molar-refractivity contribution < 1.29 is 0 Å². The summed E-state index contributed by atoms with van der Waals surface area (Å²) in [4.78, 5) is 11.7. The summed E-state index contributed by atoms with van der Waals surface area (Å²) in [5.74, 6) is 0. The summed E-state index contributed by atoms with van der Waals surface area (Å²) in [6.45, 7) is 5.86.